The lowest BCUT2D eigenvalue weighted by atomic mass is 9.95. The molecule has 1 saturated carbocycles. The van der Waals surface area contributed by atoms with Crippen molar-refractivity contribution in [2.75, 3.05) is 6.54 Å². The number of nitrogens with two attached hydrogens (primary N) is 1. The van der Waals surface area contributed by atoms with Gasteiger partial charge in [0.1, 0.15) is 10.7 Å². The number of amides is 1. The molecule has 2 aromatic heterocycles. The molecule has 1 amide bonds. The molecule has 0 bridgehead atoms. The van der Waals surface area contributed by atoms with Crippen molar-refractivity contribution in [3.05, 3.63) is 26.6 Å². The van der Waals surface area contributed by atoms with Crippen molar-refractivity contribution in [1.82, 2.24) is 14.9 Å². The number of hydrogen-bond donors (Lipinski definition) is 2. The van der Waals surface area contributed by atoms with Crippen LogP contribution in [0, 0.1) is 12.8 Å². The largest absolute Gasteiger partial charge is 0.345 e. The number of thiophene rings is 1. The smallest absolute Gasteiger partial charge is 0.262 e. The predicted octanol–water partition coefficient (Wildman–Crippen LogP) is 2.35. The molecule has 4 rings (SSSR count). The molecular formula is C19H26N4O2S. The zero-order chi connectivity index (χ0) is 18.5. The molecule has 1 aliphatic carbocycles. The van der Waals surface area contributed by atoms with E-state index in [1.54, 1.807) is 0 Å². The maximum atomic E-state index is 13.0. The summed E-state index contributed by atoms with van der Waals surface area (Å²) in [6.45, 7) is 5.02. The summed E-state index contributed by atoms with van der Waals surface area (Å²) in [5, 5.41) is 3.74. The molecule has 0 radical (unpaired) electrons. The average Bonchev–Trinajstić information content (AvgIpc) is 3.43. The first kappa shape index (κ1) is 17.7. The van der Waals surface area contributed by atoms with Crippen molar-refractivity contribution in [3.8, 4) is 0 Å². The number of fused-ring (bicyclic) bond motifs is 2. The lowest BCUT2D eigenvalue weighted by Gasteiger charge is -2.29. The van der Waals surface area contributed by atoms with Crippen LogP contribution in [-0.2, 0) is 13.0 Å². The van der Waals surface area contributed by atoms with Gasteiger partial charge in [0.2, 0.25) is 0 Å². The second kappa shape index (κ2) is 6.46. The van der Waals surface area contributed by atoms with E-state index in [2.05, 4.69) is 5.32 Å². The third-order valence-electron chi connectivity index (χ3n) is 5.92. The zero-order valence-corrected chi connectivity index (χ0v) is 16.2. The van der Waals surface area contributed by atoms with Crippen molar-refractivity contribution < 1.29 is 4.79 Å². The molecule has 1 aliphatic heterocycles. The summed E-state index contributed by atoms with van der Waals surface area (Å²) >= 11 is 1.33. The van der Waals surface area contributed by atoms with Gasteiger partial charge >= 0.3 is 0 Å². The van der Waals surface area contributed by atoms with Gasteiger partial charge in [0.15, 0.2) is 0 Å². The van der Waals surface area contributed by atoms with Gasteiger partial charge < -0.3 is 11.1 Å². The van der Waals surface area contributed by atoms with Crippen LogP contribution in [0.15, 0.2) is 4.79 Å². The van der Waals surface area contributed by atoms with Gasteiger partial charge in [-0.15, -0.1) is 11.3 Å². The zero-order valence-electron chi connectivity index (χ0n) is 15.4. The van der Waals surface area contributed by atoms with Crippen molar-refractivity contribution in [1.29, 1.82) is 0 Å². The fourth-order valence-electron chi connectivity index (χ4n) is 3.98. The van der Waals surface area contributed by atoms with Crippen LogP contribution < -0.4 is 16.6 Å². The average molecular weight is 375 g/mol. The summed E-state index contributed by atoms with van der Waals surface area (Å²) in [7, 11) is 0. The van der Waals surface area contributed by atoms with Crippen molar-refractivity contribution in [2.24, 2.45) is 11.7 Å². The van der Waals surface area contributed by atoms with E-state index in [1.165, 1.54) is 11.3 Å². The van der Waals surface area contributed by atoms with E-state index in [0.29, 0.717) is 27.6 Å². The quantitative estimate of drug-likeness (QED) is 0.859. The molecule has 0 aromatic carbocycles. The normalized spacial score (nSPS) is 19.7. The van der Waals surface area contributed by atoms with Crippen molar-refractivity contribution >= 4 is 27.5 Å². The van der Waals surface area contributed by atoms with E-state index in [1.807, 2.05) is 18.4 Å². The highest BCUT2D eigenvalue weighted by Crippen LogP contribution is 2.39. The molecule has 0 saturated heterocycles. The van der Waals surface area contributed by atoms with Gasteiger partial charge in [-0.1, -0.05) is 6.42 Å². The SMILES string of the molecule is Cc1c(C(=O)NC(C)(CN)C2CC2)sc2nc3n(c(=O)c12)CCCCC3. The van der Waals surface area contributed by atoms with E-state index < -0.39 is 0 Å². The molecule has 26 heavy (non-hydrogen) atoms. The minimum Gasteiger partial charge on any atom is -0.345 e. The second-order valence-corrected chi connectivity index (χ2v) is 8.88. The lowest BCUT2D eigenvalue weighted by Crippen LogP contribution is -2.53. The van der Waals surface area contributed by atoms with Crippen LogP contribution in [0.1, 0.15) is 60.1 Å². The summed E-state index contributed by atoms with van der Waals surface area (Å²) in [6, 6.07) is 0. The van der Waals surface area contributed by atoms with E-state index in [4.69, 9.17) is 10.7 Å². The van der Waals surface area contributed by atoms with Crippen LogP contribution in [0.5, 0.6) is 0 Å². The second-order valence-electron chi connectivity index (χ2n) is 7.88. The van der Waals surface area contributed by atoms with Gasteiger partial charge in [-0.3, -0.25) is 14.2 Å². The molecule has 6 nitrogen and oxygen atoms in total. The third-order valence-corrected chi connectivity index (χ3v) is 7.10. The molecule has 2 aromatic rings. The minimum atomic E-state index is -0.376. The first-order chi connectivity index (χ1) is 12.4. The van der Waals surface area contributed by atoms with E-state index >= 15 is 0 Å². The van der Waals surface area contributed by atoms with Crippen LogP contribution in [0.4, 0.5) is 0 Å². The summed E-state index contributed by atoms with van der Waals surface area (Å²) in [5.41, 5.74) is 6.30. The number of hydrogen-bond acceptors (Lipinski definition) is 5. The number of rotatable bonds is 4. The van der Waals surface area contributed by atoms with Crippen LogP contribution in [0.25, 0.3) is 10.2 Å². The van der Waals surface area contributed by atoms with E-state index in [-0.39, 0.29) is 17.0 Å². The van der Waals surface area contributed by atoms with Crippen LogP contribution in [0.2, 0.25) is 0 Å². The van der Waals surface area contributed by atoms with Gasteiger partial charge in [-0.2, -0.15) is 0 Å². The molecule has 0 spiro atoms. The number of aromatic nitrogens is 2. The molecule has 1 atom stereocenters. The maximum absolute atomic E-state index is 13.0. The number of nitrogens with one attached hydrogen (secondary N) is 1. The summed E-state index contributed by atoms with van der Waals surface area (Å²) in [5.74, 6) is 1.17. The molecule has 140 valence electrons. The summed E-state index contributed by atoms with van der Waals surface area (Å²) < 4.78 is 1.81. The van der Waals surface area contributed by atoms with Gasteiger partial charge in [0.05, 0.1) is 15.8 Å². The van der Waals surface area contributed by atoms with E-state index in [0.717, 1.165) is 56.5 Å². The fraction of sp³-hybridized carbons (Fsp3) is 0.632. The summed E-state index contributed by atoms with van der Waals surface area (Å²) in [4.78, 5) is 32.0. The third kappa shape index (κ3) is 2.87. The highest BCUT2D eigenvalue weighted by atomic mass is 32.1. The Balaban J connectivity index is 1.75. The van der Waals surface area contributed by atoms with Gasteiger partial charge in [0.25, 0.3) is 11.5 Å². The van der Waals surface area contributed by atoms with Crippen molar-refractivity contribution in [2.45, 2.75) is 64.5 Å². The molecule has 2 aliphatic rings. The Kier molecular flexibility index (Phi) is 4.39. The first-order valence-electron chi connectivity index (χ1n) is 9.50. The lowest BCUT2D eigenvalue weighted by molar-refractivity contribution is 0.0901. The molecule has 3 N–H and O–H groups in total. The Morgan fingerprint density at radius 3 is 2.85 bits per heavy atom. The van der Waals surface area contributed by atoms with Crippen LogP contribution >= 0.6 is 11.3 Å². The number of carbonyl (C=O) groups excluding carboxylic acids is 1. The maximum Gasteiger partial charge on any atom is 0.262 e. The van der Waals surface area contributed by atoms with E-state index in [9.17, 15) is 9.59 Å². The number of aryl methyl sites for hydroxylation is 2. The molecular weight excluding hydrogens is 348 g/mol. The Morgan fingerprint density at radius 1 is 1.38 bits per heavy atom. The van der Waals surface area contributed by atoms with Crippen LogP contribution in [0.3, 0.4) is 0 Å². The summed E-state index contributed by atoms with van der Waals surface area (Å²) in [6.07, 6.45) is 6.24. The standard InChI is InChI=1S/C19H26N4O2S/c1-11-14-17(21-13-6-4-3-5-9-23(13)18(14)25)26-15(11)16(24)22-19(2,10-20)12-7-8-12/h12H,3-10,20H2,1-2H3,(H,22,24). The predicted molar refractivity (Wildman–Crippen MR) is 104 cm³/mol. The minimum absolute atomic E-state index is 0.00322. The van der Waals surface area contributed by atoms with Crippen LogP contribution in [-0.4, -0.2) is 27.5 Å². The Labute approximate surface area is 156 Å². The Hall–Kier alpha value is -1.73. The van der Waals surface area contributed by atoms with Gasteiger partial charge in [0, 0.05) is 19.5 Å². The highest BCUT2D eigenvalue weighted by molar-refractivity contribution is 7.20. The molecule has 3 heterocycles. The van der Waals surface area contributed by atoms with Gasteiger partial charge in [-0.05, 0) is 51.0 Å². The topological polar surface area (TPSA) is 90.0 Å². The van der Waals surface area contributed by atoms with Gasteiger partial charge in [-0.25, -0.2) is 4.98 Å². The molecule has 7 heteroatoms. The highest BCUT2D eigenvalue weighted by Gasteiger charge is 2.42. The van der Waals surface area contributed by atoms with Crippen molar-refractivity contribution in [3.63, 3.8) is 0 Å². The molecule has 1 unspecified atom stereocenters. The number of carbonyl (C=O) groups is 1. The number of nitrogens with zero attached hydrogens (tertiary/aromatic N) is 2. The monoisotopic (exact) mass is 374 g/mol. The fourth-order valence-corrected chi connectivity index (χ4v) is 5.07. The Bertz CT molecular complexity index is 928. The Morgan fingerprint density at radius 2 is 2.15 bits per heavy atom. The molecule has 1 fully saturated rings. The first-order valence-corrected chi connectivity index (χ1v) is 10.3.